The van der Waals surface area contributed by atoms with E-state index in [-0.39, 0.29) is 41.4 Å². The molecule has 0 aliphatic carbocycles. The molecule has 0 radical (unpaired) electrons. The molecule has 45 heavy (non-hydrogen) atoms. The maximum atomic E-state index is 15.1. The molecular formula is C32H30F4N4O5. The largest absolute Gasteiger partial charge is 0.485 e. The Morgan fingerprint density at radius 2 is 1.80 bits per heavy atom. The van der Waals surface area contributed by atoms with E-state index in [0.717, 1.165) is 29.5 Å². The monoisotopic (exact) mass is 626 g/mol. The summed E-state index contributed by atoms with van der Waals surface area (Å²) in [6.45, 7) is 5.27. The SMILES string of the molecule is CCOC(=O)N1CCC(c2ccc(COc3c(F)cccc3-c3cccc(-n4ncc(C(=O)O)c4C(F)(F)F)n3)c(C)c2)CC1. The van der Waals surface area contributed by atoms with Gasteiger partial charge in [-0.05, 0) is 73.6 Å². The van der Waals surface area contributed by atoms with Crippen LogP contribution in [0.15, 0.2) is 60.8 Å². The first-order chi connectivity index (χ1) is 21.5. The lowest BCUT2D eigenvalue weighted by Gasteiger charge is -2.31. The highest BCUT2D eigenvalue weighted by Gasteiger charge is 2.41. The number of alkyl halides is 3. The van der Waals surface area contributed by atoms with Gasteiger partial charge in [-0.1, -0.05) is 30.3 Å². The molecule has 1 aliphatic heterocycles. The van der Waals surface area contributed by atoms with Crippen molar-refractivity contribution in [1.82, 2.24) is 19.7 Å². The van der Waals surface area contributed by atoms with Crippen LogP contribution in [0.25, 0.3) is 17.1 Å². The lowest BCUT2D eigenvalue weighted by atomic mass is 9.88. The summed E-state index contributed by atoms with van der Waals surface area (Å²) in [5.41, 5.74) is 0.668. The highest BCUT2D eigenvalue weighted by atomic mass is 19.4. The summed E-state index contributed by atoms with van der Waals surface area (Å²) < 4.78 is 67.9. The van der Waals surface area contributed by atoms with Crippen molar-refractivity contribution in [2.75, 3.05) is 19.7 Å². The van der Waals surface area contributed by atoms with Crippen molar-refractivity contribution in [3.8, 4) is 22.8 Å². The van der Waals surface area contributed by atoms with E-state index in [4.69, 9.17) is 9.47 Å². The predicted octanol–water partition coefficient (Wildman–Crippen LogP) is 7.01. The Morgan fingerprint density at radius 3 is 2.47 bits per heavy atom. The van der Waals surface area contributed by atoms with Gasteiger partial charge < -0.3 is 19.5 Å². The fourth-order valence-corrected chi connectivity index (χ4v) is 5.39. The van der Waals surface area contributed by atoms with E-state index >= 15 is 4.39 Å². The molecule has 236 valence electrons. The maximum Gasteiger partial charge on any atom is 0.434 e. The van der Waals surface area contributed by atoms with E-state index in [1.54, 1.807) is 11.8 Å². The number of aromatic nitrogens is 3. The number of amides is 1. The van der Waals surface area contributed by atoms with Crippen LogP contribution in [-0.4, -0.2) is 56.5 Å². The minimum Gasteiger partial charge on any atom is -0.485 e. The van der Waals surface area contributed by atoms with Crippen LogP contribution in [0.2, 0.25) is 0 Å². The fraction of sp³-hybridized carbons (Fsp3) is 0.312. The van der Waals surface area contributed by atoms with Crippen LogP contribution in [0.4, 0.5) is 22.4 Å². The van der Waals surface area contributed by atoms with Crippen molar-refractivity contribution in [1.29, 1.82) is 0 Å². The molecule has 2 aromatic heterocycles. The number of piperidine rings is 1. The van der Waals surface area contributed by atoms with Crippen LogP contribution in [0.3, 0.4) is 0 Å². The van der Waals surface area contributed by atoms with Crippen molar-refractivity contribution < 1.29 is 41.7 Å². The van der Waals surface area contributed by atoms with Crippen LogP contribution in [0.5, 0.6) is 5.75 Å². The molecule has 4 aromatic rings. The van der Waals surface area contributed by atoms with Gasteiger partial charge in [-0.2, -0.15) is 18.3 Å². The van der Waals surface area contributed by atoms with Crippen molar-refractivity contribution in [3.63, 3.8) is 0 Å². The Hall–Kier alpha value is -4.94. The first-order valence-corrected chi connectivity index (χ1v) is 14.3. The number of carboxylic acid groups (broad SMARTS) is 1. The van der Waals surface area contributed by atoms with Gasteiger partial charge >= 0.3 is 18.2 Å². The zero-order chi connectivity index (χ0) is 32.3. The third kappa shape index (κ3) is 6.76. The highest BCUT2D eigenvalue weighted by molar-refractivity contribution is 5.89. The Balaban J connectivity index is 1.35. The summed E-state index contributed by atoms with van der Waals surface area (Å²) in [7, 11) is 0. The first kappa shape index (κ1) is 31.5. The lowest BCUT2D eigenvalue weighted by Crippen LogP contribution is -2.38. The Bertz CT molecular complexity index is 1710. The molecule has 1 aliphatic rings. The van der Waals surface area contributed by atoms with E-state index in [1.165, 1.54) is 36.4 Å². The summed E-state index contributed by atoms with van der Waals surface area (Å²) in [6, 6.07) is 14.3. The first-order valence-electron chi connectivity index (χ1n) is 14.3. The van der Waals surface area contributed by atoms with Gasteiger partial charge in [-0.3, -0.25) is 0 Å². The molecular weight excluding hydrogens is 596 g/mol. The molecule has 0 unspecified atom stereocenters. The number of likely N-dealkylation sites (tertiary alicyclic amines) is 1. The van der Waals surface area contributed by atoms with Crippen LogP contribution < -0.4 is 4.74 Å². The normalized spacial score (nSPS) is 14.0. The summed E-state index contributed by atoms with van der Waals surface area (Å²) in [6.07, 6.45) is -3.11. The Kier molecular flexibility index (Phi) is 9.07. The number of para-hydroxylation sites is 1. The maximum absolute atomic E-state index is 15.1. The smallest absolute Gasteiger partial charge is 0.434 e. The van der Waals surface area contributed by atoms with Gasteiger partial charge in [0.1, 0.15) is 12.2 Å². The van der Waals surface area contributed by atoms with Crippen LogP contribution in [-0.2, 0) is 17.5 Å². The molecule has 9 nitrogen and oxygen atoms in total. The molecule has 5 rings (SSSR count). The molecule has 0 saturated carbocycles. The minimum atomic E-state index is -5.03. The second kappa shape index (κ2) is 13.0. The number of hydrogen-bond donors (Lipinski definition) is 1. The minimum absolute atomic E-state index is 0.0143. The number of carboxylic acids is 1. The summed E-state index contributed by atoms with van der Waals surface area (Å²) in [4.78, 5) is 29.4. The molecule has 13 heteroatoms. The molecule has 1 saturated heterocycles. The summed E-state index contributed by atoms with van der Waals surface area (Å²) >= 11 is 0. The van der Waals surface area contributed by atoms with E-state index in [9.17, 15) is 27.9 Å². The molecule has 0 atom stereocenters. The Morgan fingerprint density at radius 1 is 1.07 bits per heavy atom. The van der Waals surface area contributed by atoms with Crippen molar-refractivity contribution in [2.45, 2.75) is 45.4 Å². The molecule has 3 heterocycles. The Labute approximate surface area is 256 Å². The van der Waals surface area contributed by atoms with E-state index < -0.39 is 29.2 Å². The number of ether oxygens (including phenoxy) is 2. The number of aryl methyl sites for hydroxylation is 1. The summed E-state index contributed by atoms with van der Waals surface area (Å²) in [5.74, 6) is -2.64. The van der Waals surface area contributed by atoms with Gasteiger partial charge in [0.2, 0.25) is 0 Å². The zero-order valence-electron chi connectivity index (χ0n) is 24.5. The van der Waals surface area contributed by atoms with E-state index in [0.29, 0.717) is 30.6 Å². The number of benzene rings is 2. The zero-order valence-corrected chi connectivity index (χ0v) is 24.5. The van der Waals surface area contributed by atoms with E-state index in [2.05, 4.69) is 16.1 Å². The molecule has 1 amide bonds. The van der Waals surface area contributed by atoms with Crippen molar-refractivity contribution in [3.05, 3.63) is 94.6 Å². The third-order valence-corrected chi connectivity index (χ3v) is 7.69. The second-order valence-electron chi connectivity index (χ2n) is 10.6. The van der Waals surface area contributed by atoms with Gasteiger partial charge in [-0.25, -0.2) is 23.6 Å². The van der Waals surface area contributed by atoms with Crippen LogP contribution in [0, 0.1) is 12.7 Å². The molecule has 2 aromatic carbocycles. The average molecular weight is 627 g/mol. The number of hydrogen-bond acceptors (Lipinski definition) is 6. The molecule has 1 N–H and O–H groups in total. The fourth-order valence-electron chi connectivity index (χ4n) is 5.39. The molecule has 0 bridgehead atoms. The second-order valence-corrected chi connectivity index (χ2v) is 10.6. The quantitative estimate of drug-likeness (QED) is 0.210. The highest BCUT2D eigenvalue weighted by Crippen LogP contribution is 2.36. The number of carbonyl (C=O) groups is 2. The molecule has 0 spiro atoms. The lowest BCUT2D eigenvalue weighted by molar-refractivity contribution is -0.143. The number of carbonyl (C=O) groups excluding carboxylic acids is 1. The number of pyridine rings is 1. The van der Waals surface area contributed by atoms with Gasteiger partial charge in [-0.15, -0.1) is 0 Å². The summed E-state index contributed by atoms with van der Waals surface area (Å²) in [5, 5.41) is 12.9. The number of rotatable bonds is 8. The van der Waals surface area contributed by atoms with Gasteiger partial charge in [0.25, 0.3) is 0 Å². The van der Waals surface area contributed by atoms with E-state index in [1.807, 2.05) is 19.1 Å². The predicted molar refractivity (Wildman–Crippen MR) is 155 cm³/mol. The third-order valence-electron chi connectivity index (χ3n) is 7.69. The number of nitrogens with zero attached hydrogens (tertiary/aromatic N) is 4. The van der Waals surface area contributed by atoms with Gasteiger partial charge in [0.05, 0.1) is 18.5 Å². The standard InChI is InChI=1S/C32H30F4N4O5/c1-3-44-31(43)39-14-12-20(13-15-39)21-10-11-22(19(2)16-21)18-45-28-23(6-4-7-25(28)33)26-8-5-9-27(38-26)40-29(32(34,35)36)24(17-37-40)30(41)42/h4-11,16-17,20H,3,12-15,18H2,1-2H3,(H,41,42). The topological polar surface area (TPSA) is 107 Å². The average Bonchev–Trinajstić information content (AvgIpc) is 3.48. The van der Waals surface area contributed by atoms with Crippen molar-refractivity contribution in [2.24, 2.45) is 0 Å². The molecule has 1 fully saturated rings. The van der Waals surface area contributed by atoms with Crippen molar-refractivity contribution >= 4 is 12.1 Å². The van der Waals surface area contributed by atoms with Gasteiger partial charge in [0.15, 0.2) is 23.1 Å². The number of halogens is 4. The number of aromatic carboxylic acids is 1. The van der Waals surface area contributed by atoms with Gasteiger partial charge in [0, 0.05) is 18.7 Å². The van der Waals surface area contributed by atoms with Crippen LogP contribution >= 0.6 is 0 Å². The van der Waals surface area contributed by atoms with Crippen LogP contribution in [0.1, 0.15) is 58.4 Å².